The molecule has 8 nitrogen and oxygen atoms in total. The van der Waals surface area contributed by atoms with Crippen LogP contribution in [-0.2, 0) is 19.1 Å². The maximum atomic E-state index is 13.3. The molecule has 0 rings (SSSR count). The molecule has 2 N–H and O–H groups in total. The average Bonchev–Trinajstić information content (AvgIpc) is 3.14. The molecular weight excluding hydrogens is 954 g/mol. The molecule has 10 heteroatoms. The van der Waals surface area contributed by atoms with Gasteiger partial charge in [-0.05, 0) is 64.2 Å². The van der Waals surface area contributed by atoms with Gasteiger partial charge in [0.05, 0.1) is 41.4 Å². The topological polar surface area (TPSA) is 93.1 Å². The minimum absolute atomic E-state index is 0. The van der Waals surface area contributed by atoms with E-state index in [1.165, 1.54) is 116 Å². The molecule has 58 heavy (non-hydrogen) atoms. The highest BCUT2D eigenvalue weighted by atomic mass is 127. The van der Waals surface area contributed by atoms with E-state index in [2.05, 4.69) is 38.2 Å². The molecule has 0 fully saturated rings. The summed E-state index contributed by atoms with van der Waals surface area (Å²) in [6.07, 6.45) is 39.9. The van der Waals surface area contributed by atoms with Crippen molar-refractivity contribution >= 4 is 11.9 Å². The second-order valence-electron chi connectivity index (χ2n) is 17.9. The zero-order valence-corrected chi connectivity index (χ0v) is 43.0. The highest BCUT2D eigenvalue weighted by Gasteiger charge is 2.38. The number of likely N-dealkylation sites (N-methyl/N-ethyl adjacent to an activating group) is 2. The van der Waals surface area contributed by atoms with Crippen molar-refractivity contribution in [2.75, 3.05) is 67.6 Å². The zero-order chi connectivity index (χ0) is 41.6. The Hall–Kier alpha value is -0.280. The Morgan fingerprint density at radius 1 is 0.448 bits per heavy atom. The van der Waals surface area contributed by atoms with E-state index in [9.17, 15) is 19.8 Å². The van der Waals surface area contributed by atoms with Crippen LogP contribution in [0.5, 0.6) is 0 Å². The molecule has 0 radical (unpaired) electrons. The molecule has 0 saturated heterocycles. The molecule has 0 bridgehead atoms. The number of carbonyl (C=O) groups excluding carboxylic acids is 2. The van der Waals surface area contributed by atoms with Gasteiger partial charge in [0.2, 0.25) is 0 Å². The molecule has 0 amide bonds. The first-order valence-electron chi connectivity index (χ1n) is 23.5. The van der Waals surface area contributed by atoms with Crippen molar-refractivity contribution in [3.05, 3.63) is 24.3 Å². The first kappa shape index (κ1) is 62.0. The van der Waals surface area contributed by atoms with Crippen LogP contribution in [0.1, 0.15) is 194 Å². The number of unbranched alkanes of at least 4 members (excludes halogenated alkanes) is 22. The van der Waals surface area contributed by atoms with Crippen LogP contribution in [0.3, 0.4) is 0 Å². The Morgan fingerprint density at radius 3 is 0.983 bits per heavy atom. The van der Waals surface area contributed by atoms with Crippen molar-refractivity contribution < 1.29 is 86.2 Å². The number of hydrogen-bond donors (Lipinski definition) is 2. The van der Waals surface area contributed by atoms with Gasteiger partial charge in [-0.25, -0.2) is 0 Å². The number of ether oxygens (including phenoxy) is 2. The summed E-state index contributed by atoms with van der Waals surface area (Å²) in [5, 5.41) is 19.5. The van der Waals surface area contributed by atoms with Crippen LogP contribution in [0.2, 0.25) is 0 Å². The van der Waals surface area contributed by atoms with Crippen molar-refractivity contribution in [3.8, 4) is 0 Å². The lowest BCUT2D eigenvalue weighted by atomic mass is 10.1. The Kier molecular flexibility index (Phi) is 46.4. The number of hydrogen-bond acceptors (Lipinski definition) is 6. The summed E-state index contributed by atoms with van der Waals surface area (Å²) in [5.41, 5.74) is 0. The van der Waals surface area contributed by atoms with E-state index >= 15 is 0 Å². The molecular formula is C48H94I2N2O6. The van der Waals surface area contributed by atoms with Gasteiger partial charge in [0, 0.05) is 12.8 Å². The summed E-state index contributed by atoms with van der Waals surface area (Å²) in [6, 6.07) is 0. The molecule has 0 aliphatic carbocycles. The SMILES string of the molecule is CCCCCCCCC=CCCCCCCCC(=O)OC(C[N+](C)(C)CCO)C(C[N+](C)(C)CCO)OC(=O)CCCCCCCC=CCCCCCCCC.[I-].[I-]. The highest BCUT2D eigenvalue weighted by molar-refractivity contribution is 5.70. The van der Waals surface area contributed by atoms with E-state index < -0.39 is 12.2 Å². The smallest absolute Gasteiger partial charge is 0.306 e. The lowest BCUT2D eigenvalue weighted by Crippen LogP contribution is -3.00. The van der Waals surface area contributed by atoms with Gasteiger partial charge in [0.25, 0.3) is 0 Å². The Morgan fingerprint density at radius 2 is 0.707 bits per heavy atom. The molecule has 0 aromatic heterocycles. The fourth-order valence-corrected chi connectivity index (χ4v) is 7.30. The van der Waals surface area contributed by atoms with Gasteiger partial charge in [-0.15, -0.1) is 0 Å². The number of allylic oxidation sites excluding steroid dienone is 4. The highest BCUT2D eigenvalue weighted by Crippen LogP contribution is 2.19. The molecule has 0 aromatic carbocycles. The maximum absolute atomic E-state index is 13.3. The minimum atomic E-state index is -0.652. The quantitative estimate of drug-likeness (QED) is 0.0294. The molecule has 2 atom stereocenters. The van der Waals surface area contributed by atoms with Crippen LogP contribution in [0, 0.1) is 0 Å². The van der Waals surface area contributed by atoms with Crippen LogP contribution in [0.25, 0.3) is 0 Å². The molecule has 2 unspecified atom stereocenters. The van der Waals surface area contributed by atoms with Crippen LogP contribution in [0.4, 0.5) is 0 Å². The summed E-state index contributed by atoms with van der Waals surface area (Å²) in [5.74, 6) is -0.523. The predicted molar refractivity (Wildman–Crippen MR) is 237 cm³/mol. The molecule has 0 aliphatic rings. The summed E-state index contributed by atoms with van der Waals surface area (Å²) < 4.78 is 13.2. The predicted octanol–water partition coefficient (Wildman–Crippen LogP) is 5.03. The first-order chi connectivity index (χ1) is 27.0. The van der Waals surface area contributed by atoms with Crippen molar-refractivity contribution in [2.24, 2.45) is 0 Å². The van der Waals surface area contributed by atoms with E-state index in [0.717, 1.165) is 51.4 Å². The van der Waals surface area contributed by atoms with Crippen LogP contribution < -0.4 is 48.0 Å². The number of aliphatic hydroxyl groups is 2. The Labute approximate surface area is 393 Å². The molecule has 0 aliphatic heterocycles. The van der Waals surface area contributed by atoms with Crippen molar-refractivity contribution in [2.45, 2.75) is 206 Å². The largest absolute Gasteiger partial charge is 1.00 e. The monoisotopic (exact) mass is 1050 g/mol. The number of quaternary nitrogens is 2. The Bertz CT molecular complexity index is 902. The summed E-state index contributed by atoms with van der Waals surface area (Å²) in [7, 11) is 8.00. The van der Waals surface area contributed by atoms with Gasteiger partial charge >= 0.3 is 11.9 Å². The number of carbonyl (C=O) groups is 2. The summed E-state index contributed by atoms with van der Waals surface area (Å²) in [4.78, 5) is 26.5. The fraction of sp³-hybridized carbons (Fsp3) is 0.875. The van der Waals surface area contributed by atoms with Crippen molar-refractivity contribution in [3.63, 3.8) is 0 Å². The lowest BCUT2D eigenvalue weighted by molar-refractivity contribution is -0.901. The van der Waals surface area contributed by atoms with Crippen LogP contribution in [0.15, 0.2) is 24.3 Å². The van der Waals surface area contributed by atoms with E-state index in [0.29, 0.717) is 48.0 Å². The van der Waals surface area contributed by atoms with Gasteiger partial charge in [-0.2, -0.15) is 0 Å². The van der Waals surface area contributed by atoms with Gasteiger partial charge in [-0.3, -0.25) is 9.59 Å². The number of rotatable bonds is 41. The maximum Gasteiger partial charge on any atom is 0.306 e. The molecule has 346 valence electrons. The van der Waals surface area contributed by atoms with E-state index in [1.54, 1.807) is 0 Å². The van der Waals surface area contributed by atoms with E-state index in [4.69, 9.17) is 9.47 Å². The van der Waals surface area contributed by atoms with Crippen molar-refractivity contribution in [1.82, 2.24) is 0 Å². The van der Waals surface area contributed by atoms with E-state index in [1.807, 2.05) is 28.2 Å². The van der Waals surface area contributed by atoms with Crippen molar-refractivity contribution in [1.29, 1.82) is 0 Å². The third-order valence-electron chi connectivity index (χ3n) is 11.0. The summed E-state index contributed by atoms with van der Waals surface area (Å²) >= 11 is 0. The van der Waals surface area contributed by atoms with Gasteiger partial charge in [-0.1, -0.05) is 141 Å². The standard InChI is InChI=1S/C48H94N2O6.2HI/c1-7-9-11-13-15-17-19-21-23-25-27-29-31-33-35-37-47(53)55-45(43-49(3,4)39-41-51)46(44-50(5,6)40-42-52)56-48(54)38-36-34-32-30-28-26-24-22-20-18-16-14-12-10-8-2;;/h21-24,45-46,51-52H,7-20,25-44H2,1-6H3;2*1H/q+2;;/p-2. The van der Waals surface area contributed by atoms with Crippen LogP contribution in [-0.4, -0.2) is 111 Å². The second kappa shape index (κ2) is 43.4. The molecule has 0 spiro atoms. The molecule has 0 aromatic rings. The van der Waals surface area contributed by atoms with Gasteiger partial charge in [0.1, 0.15) is 26.2 Å². The Balaban J connectivity index is -0.0000151. The molecule has 0 heterocycles. The third kappa shape index (κ3) is 41.1. The minimum Gasteiger partial charge on any atom is -1.00 e. The lowest BCUT2D eigenvalue weighted by Gasteiger charge is -2.38. The number of nitrogens with zero attached hydrogens (tertiary/aromatic N) is 2. The molecule has 0 saturated carbocycles. The number of halogens is 2. The third-order valence-corrected chi connectivity index (χ3v) is 11.0. The normalized spacial score (nSPS) is 13.0. The zero-order valence-electron chi connectivity index (χ0n) is 38.7. The average molecular weight is 1050 g/mol. The number of esters is 2. The number of aliphatic hydroxyl groups excluding tert-OH is 2. The second-order valence-corrected chi connectivity index (χ2v) is 17.9. The van der Waals surface area contributed by atoms with Crippen LogP contribution >= 0.6 is 0 Å². The summed E-state index contributed by atoms with van der Waals surface area (Å²) in [6.45, 7) is 6.36. The fourth-order valence-electron chi connectivity index (χ4n) is 7.30. The van der Waals surface area contributed by atoms with Gasteiger partial charge < -0.3 is 76.6 Å². The van der Waals surface area contributed by atoms with Gasteiger partial charge in [0.15, 0.2) is 12.2 Å². The van der Waals surface area contributed by atoms with E-state index in [-0.39, 0.29) is 73.1 Å². The first-order valence-corrected chi connectivity index (χ1v) is 23.5.